The first-order chi connectivity index (χ1) is 15.7. The normalized spacial score (nSPS) is 13.9. The van der Waals surface area contributed by atoms with Crippen molar-refractivity contribution in [3.05, 3.63) is 99.4 Å². The molecule has 1 aromatic carbocycles. The van der Waals surface area contributed by atoms with Crippen molar-refractivity contribution in [3.8, 4) is 0 Å². The van der Waals surface area contributed by atoms with E-state index in [1.54, 1.807) is 29.7 Å². The molecular weight excluding hydrogens is 442 g/mol. The van der Waals surface area contributed by atoms with Gasteiger partial charge in [0.15, 0.2) is 5.76 Å². The maximum Gasteiger partial charge on any atom is 0.291 e. The Morgan fingerprint density at radius 1 is 1.06 bits per heavy atom. The molecule has 162 valence electrons. The standard InChI is InChI=1S/C25H22ClN3O2S/c26-18-10-3-1-8-16(18)23(28-21-13-5-6-14-27-21)22-17-9-2-4-12-20(17)32-25(22)29-24(30)19-11-7-15-31-19/h1,3,5-8,10-11,13-15,23H,2,4,9,12H2,(H,27,28)(H,29,30)/t23-/m1/s1. The predicted octanol–water partition coefficient (Wildman–Crippen LogP) is 6.72. The molecule has 4 aromatic rings. The minimum atomic E-state index is -0.261. The van der Waals surface area contributed by atoms with Crippen molar-refractivity contribution in [1.82, 2.24) is 4.98 Å². The topological polar surface area (TPSA) is 67.2 Å². The number of benzene rings is 1. The molecule has 0 saturated carbocycles. The summed E-state index contributed by atoms with van der Waals surface area (Å²) in [5.74, 6) is 0.774. The Morgan fingerprint density at radius 2 is 1.91 bits per heavy atom. The van der Waals surface area contributed by atoms with Crippen LogP contribution in [0.5, 0.6) is 0 Å². The van der Waals surface area contributed by atoms with Crippen molar-refractivity contribution < 1.29 is 9.21 Å². The number of aryl methyl sites for hydroxylation is 1. The van der Waals surface area contributed by atoms with E-state index in [9.17, 15) is 4.79 Å². The van der Waals surface area contributed by atoms with Crippen molar-refractivity contribution in [2.45, 2.75) is 31.7 Å². The molecule has 0 fully saturated rings. The molecule has 1 atom stereocenters. The first-order valence-electron chi connectivity index (χ1n) is 10.6. The number of pyridine rings is 1. The zero-order chi connectivity index (χ0) is 21.9. The molecule has 0 saturated heterocycles. The fraction of sp³-hybridized carbons (Fsp3) is 0.200. The van der Waals surface area contributed by atoms with Gasteiger partial charge in [-0.2, -0.15) is 0 Å². The molecule has 0 bridgehead atoms. The summed E-state index contributed by atoms with van der Waals surface area (Å²) in [6.07, 6.45) is 7.54. The third kappa shape index (κ3) is 4.16. The van der Waals surface area contributed by atoms with Crippen LogP contribution in [0.3, 0.4) is 0 Å². The second kappa shape index (κ2) is 9.18. The number of aromatic nitrogens is 1. The van der Waals surface area contributed by atoms with Crippen LogP contribution in [-0.2, 0) is 12.8 Å². The molecule has 0 aliphatic heterocycles. The van der Waals surface area contributed by atoms with Crippen LogP contribution < -0.4 is 10.6 Å². The maximum absolute atomic E-state index is 12.9. The Morgan fingerprint density at radius 3 is 2.69 bits per heavy atom. The van der Waals surface area contributed by atoms with Gasteiger partial charge in [0.1, 0.15) is 10.8 Å². The molecule has 5 rings (SSSR count). The highest BCUT2D eigenvalue weighted by atomic mass is 35.5. The van der Waals surface area contributed by atoms with Crippen LogP contribution >= 0.6 is 22.9 Å². The van der Waals surface area contributed by atoms with E-state index in [-0.39, 0.29) is 17.7 Å². The first kappa shape index (κ1) is 20.8. The average molecular weight is 464 g/mol. The van der Waals surface area contributed by atoms with Gasteiger partial charge in [-0.1, -0.05) is 35.9 Å². The Balaban J connectivity index is 1.63. The molecule has 3 aromatic heterocycles. The van der Waals surface area contributed by atoms with Gasteiger partial charge in [-0.3, -0.25) is 4.79 Å². The first-order valence-corrected chi connectivity index (χ1v) is 11.8. The van der Waals surface area contributed by atoms with Crippen LogP contribution in [0.4, 0.5) is 10.8 Å². The van der Waals surface area contributed by atoms with E-state index < -0.39 is 0 Å². The zero-order valence-corrected chi connectivity index (χ0v) is 18.9. The van der Waals surface area contributed by atoms with Gasteiger partial charge in [-0.05, 0) is 67.1 Å². The van der Waals surface area contributed by atoms with E-state index in [0.717, 1.165) is 47.6 Å². The maximum atomic E-state index is 12.9. The van der Waals surface area contributed by atoms with Crippen LogP contribution in [0.2, 0.25) is 5.02 Å². The fourth-order valence-corrected chi connectivity index (χ4v) is 5.74. The molecule has 1 amide bonds. The molecular formula is C25H22ClN3O2S. The number of carbonyl (C=O) groups is 1. The largest absolute Gasteiger partial charge is 0.459 e. The van der Waals surface area contributed by atoms with Gasteiger partial charge in [-0.15, -0.1) is 11.3 Å². The van der Waals surface area contributed by atoms with Crippen LogP contribution in [0, 0.1) is 0 Å². The Bertz CT molecular complexity index is 1220. The highest BCUT2D eigenvalue weighted by Gasteiger charge is 2.30. The van der Waals surface area contributed by atoms with E-state index >= 15 is 0 Å². The quantitative estimate of drug-likeness (QED) is 0.333. The predicted molar refractivity (Wildman–Crippen MR) is 129 cm³/mol. The van der Waals surface area contributed by atoms with Gasteiger partial charge in [0.2, 0.25) is 0 Å². The number of rotatable bonds is 6. The number of amides is 1. The van der Waals surface area contributed by atoms with E-state index in [2.05, 4.69) is 15.6 Å². The summed E-state index contributed by atoms with van der Waals surface area (Å²) in [5.41, 5.74) is 3.30. The molecule has 32 heavy (non-hydrogen) atoms. The lowest BCUT2D eigenvalue weighted by molar-refractivity contribution is 0.0997. The average Bonchev–Trinajstić information content (AvgIpc) is 3.47. The van der Waals surface area contributed by atoms with Gasteiger partial charge in [0.25, 0.3) is 5.91 Å². The molecule has 0 radical (unpaired) electrons. The third-order valence-electron chi connectivity index (χ3n) is 5.65. The highest BCUT2D eigenvalue weighted by Crippen LogP contribution is 2.45. The molecule has 1 aliphatic carbocycles. The molecule has 3 heterocycles. The second-order valence-electron chi connectivity index (χ2n) is 7.70. The Hall–Kier alpha value is -3.09. The summed E-state index contributed by atoms with van der Waals surface area (Å²) in [4.78, 5) is 18.7. The molecule has 5 nitrogen and oxygen atoms in total. The lowest BCUT2D eigenvalue weighted by Crippen LogP contribution is -2.19. The lowest BCUT2D eigenvalue weighted by atomic mass is 9.89. The monoisotopic (exact) mass is 463 g/mol. The number of thiophene rings is 1. The van der Waals surface area contributed by atoms with E-state index in [1.807, 2.05) is 42.5 Å². The van der Waals surface area contributed by atoms with E-state index in [0.29, 0.717) is 5.02 Å². The number of furan rings is 1. The van der Waals surface area contributed by atoms with Gasteiger partial charge in [-0.25, -0.2) is 4.98 Å². The summed E-state index contributed by atoms with van der Waals surface area (Å²) in [5, 5.41) is 8.17. The number of anilines is 2. The van der Waals surface area contributed by atoms with Crippen molar-refractivity contribution in [1.29, 1.82) is 0 Å². The summed E-state index contributed by atoms with van der Waals surface area (Å²) in [6.45, 7) is 0. The number of halogens is 1. The fourth-order valence-electron chi connectivity index (χ4n) is 4.17. The molecule has 1 aliphatic rings. The van der Waals surface area contributed by atoms with Crippen molar-refractivity contribution in [2.24, 2.45) is 0 Å². The summed E-state index contributed by atoms with van der Waals surface area (Å²) < 4.78 is 5.32. The minimum absolute atomic E-state index is 0.259. The zero-order valence-electron chi connectivity index (χ0n) is 17.3. The van der Waals surface area contributed by atoms with E-state index in [4.69, 9.17) is 16.0 Å². The Kier molecular flexibility index (Phi) is 5.97. The number of carbonyl (C=O) groups excluding carboxylic acids is 1. The molecule has 7 heteroatoms. The smallest absolute Gasteiger partial charge is 0.291 e. The highest BCUT2D eigenvalue weighted by molar-refractivity contribution is 7.16. The van der Waals surface area contributed by atoms with Crippen LogP contribution in [0.1, 0.15) is 51.0 Å². The van der Waals surface area contributed by atoms with Crippen LogP contribution in [-0.4, -0.2) is 10.9 Å². The van der Waals surface area contributed by atoms with Crippen molar-refractivity contribution in [3.63, 3.8) is 0 Å². The summed E-state index contributed by atoms with van der Waals surface area (Å²) in [6, 6.07) is 16.7. The van der Waals surface area contributed by atoms with E-state index in [1.165, 1.54) is 16.7 Å². The molecule has 0 unspecified atom stereocenters. The van der Waals surface area contributed by atoms with Crippen molar-refractivity contribution >= 4 is 39.7 Å². The summed E-state index contributed by atoms with van der Waals surface area (Å²) in [7, 11) is 0. The molecule has 0 spiro atoms. The van der Waals surface area contributed by atoms with Crippen LogP contribution in [0.15, 0.2) is 71.5 Å². The number of hydrogen-bond donors (Lipinski definition) is 2. The van der Waals surface area contributed by atoms with Crippen LogP contribution in [0.25, 0.3) is 0 Å². The number of fused-ring (bicyclic) bond motifs is 1. The number of hydrogen-bond acceptors (Lipinski definition) is 5. The second-order valence-corrected chi connectivity index (χ2v) is 9.21. The number of nitrogens with one attached hydrogen (secondary N) is 2. The number of nitrogens with zero attached hydrogens (tertiary/aromatic N) is 1. The van der Waals surface area contributed by atoms with Crippen molar-refractivity contribution in [2.75, 3.05) is 10.6 Å². The Labute approximate surface area is 195 Å². The molecule has 2 N–H and O–H groups in total. The minimum Gasteiger partial charge on any atom is -0.459 e. The summed E-state index contributed by atoms with van der Waals surface area (Å²) >= 11 is 8.32. The van der Waals surface area contributed by atoms with Gasteiger partial charge >= 0.3 is 0 Å². The van der Waals surface area contributed by atoms with Gasteiger partial charge in [0.05, 0.1) is 12.3 Å². The third-order valence-corrected chi connectivity index (χ3v) is 7.21. The lowest BCUT2D eigenvalue weighted by Gasteiger charge is -2.24. The SMILES string of the molecule is O=C(Nc1sc2c(c1[C@H](Nc1ccccn1)c1ccccc1Cl)CCCC2)c1ccco1. The van der Waals surface area contributed by atoms with Gasteiger partial charge in [0, 0.05) is 21.7 Å². The van der Waals surface area contributed by atoms with Gasteiger partial charge < -0.3 is 15.1 Å².